The van der Waals surface area contributed by atoms with E-state index in [9.17, 15) is 10.1 Å². The lowest BCUT2D eigenvalue weighted by Crippen LogP contribution is -2.32. The second-order valence-corrected chi connectivity index (χ2v) is 5.18. The van der Waals surface area contributed by atoms with Crippen LogP contribution in [0.5, 0.6) is 5.75 Å². The van der Waals surface area contributed by atoms with Crippen LogP contribution in [0.25, 0.3) is 6.08 Å². The number of hydrogen-bond donors (Lipinski definition) is 0. The van der Waals surface area contributed by atoms with Crippen LogP contribution in [0.1, 0.15) is 17.9 Å². The molecule has 25 heavy (non-hydrogen) atoms. The molecular formula is C19H17N3O3. The third kappa shape index (κ3) is 4.49. The van der Waals surface area contributed by atoms with Crippen LogP contribution < -0.4 is 9.64 Å². The summed E-state index contributed by atoms with van der Waals surface area (Å²) in [5.41, 5.74) is 0.515. The molecule has 0 bridgehead atoms. The van der Waals surface area contributed by atoms with Crippen molar-refractivity contribution in [2.24, 2.45) is 0 Å². The number of benzene rings is 1. The zero-order valence-electron chi connectivity index (χ0n) is 14.0. The predicted octanol–water partition coefficient (Wildman–Crippen LogP) is 3.45. The van der Waals surface area contributed by atoms with Gasteiger partial charge in [0.2, 0.25) is 0 Å². The van der Waals surface area contributed by atoms with Crippen molar-refractivity contribution in [3.05, 3.63) is 53.5 Å². The summed E-state index contributed by atoms with van der Waals surface area (Å²) in [6.07, 6.45) is 1.55. The van der Waals surface area contributed by atoms with Crippen LogP contribution in [0, 0.1) is 29.6 Å². The Hall–Kier alpha value is -3.51. The van der Waals surface area contributed by atoms with Crippen molar-refractivity contribution in [1.29, 1.82) is 10.5 Å². The lowest BCUT2D eigenvalue weighted by atomic mass is 10.1. The minimum absolute atomic E-state index is 0.0666. The number of rotatable bonds is 6. The number of ether oxygens (including phenoxy) is 1. The summed E-state index contributed by atoms with van der Waals surface area (Å²) in [6, 6.07) is 14.2. The van der Waals surface area contributed by atoms with Gasteiger partial charge in [0, 0.05) is 18.3 Å². The highest BCUT2D eigenvalue weighted by Crippen LogP contribution is 2.22. The monoisotopic (exact) mass is 335 g/mol. The van der Waals surface area contributed by atoms with Gasteiger partial charge in [0.05, 0.1) is 19.6 Å². The van der Waals surface area contributed by atoms with Crippen molar-refractivity contribution in [3.8, 4) is 17.9 Å². The van der Waals surface area contributed by atoms with Crippen molar-refractivity contribution >= 4 is 17.7 Å². The van der Waals surface area contributed by atoms with Gasteiger partial charge in [-0.05, 0) is 43.3 Å². The molecule has 0 fully saturated rings. The van der Waals surface area contributed by atoms with Gasteiger partial charge < -0.3 is 14.1 Å². The summed E-state index contributed by atoms with van der Waals surface area (Å²) in [5, 5.41) is 18.2. The first-order chi connectivity index (χ1) is 12.1. The van der Waals surface area contributed by atoms with E-state index in [0.717, 1.165) is 0 Å². The van der Waals surface area contributed by atoms with Crippen LogP contribution in [0.4, 0.5) is 5.69 Å². The van der Waals surface area contributed by atoms with Crippen LogP contribution in [0.2, 0.25) is 0 Å². The fraction of sp³-hybridized carbons (Fsp3) is 0.211. The normalized spacial score (nSPS) is 10.6. The second-order valence-electron chi connectivity index (χ2n) is 5.18. The number of nitriles is 2. The fourth-order valence-electron chi connectivity index (χ4n) is 2.23. The highest BCUT2D eigenvalue weighted by molar-refractivity contribution is 6.11. The minimum Gasteiger partial charge on any atom is -0.497 e. The molecule has 1 amide bonds. The van der Waals surface area contributed by atoms with Gasteiger partial charge in [-0.2, -0.15) is 10.5 Å². The average molecular weight is 335 g/mol. The Kier molecular flexibility index (Phi) is 5.97. The third-order valence-corrected chi connectivity index (χ3v) is 3.48. The Morgan fingerprint density at radius 3 is 2.48 bits per heavy atom. The van der Waals surface area contributed by atoms with Gasteiger partial charge in [-0.1, -0.05) is 0 Å². The Morgan fingerprint density at radius 2 is 1.96 bits per heavy atom. The van der Waals surface area contributed by atoms with Gasteiger partial charge >= 0.3 is 0 Å². The second kappa shape index (κ2) is 8.37. The zero-order valence-corrected chi connectivity index (χ0v) is 14.0. The molecule has 0 radical (unpaired) electrons. The van der Waals surface area contributed by atoms with Crippen molar-refractivity contribution in [2.45, 2.75) is 13.3 Å². The number of nitrogens with zero attached hydrogens (tertiary/aromatic N) is 3. The number of furan rings is 1. The van der Waals surface area contributed by atoms with Crippen LogP contribution in [0.3, 0.4) is 0 Å². The van der Waals surface area contributed by atoms with Crippen molar-refractivity contribution < 1.29 is 13.9 Å². The first-order valence-corrected chi connectivity index (χ1v) is 7.60. The molecule has 0 saturated heterocycles. The van der Waals surface area contributed by atoms with E-state index in [-0.39, 0.29) is 18.5 Å². The van der Waals surface area contributed by atoms with E-state index >= 15 is 0 Å². The van der Waals surface area contributed by atoms with Gasteiger partial charge in [-0.3, -0.25) is 4.79 Å². The number of aryl methyl sites for hydroxylation is 1. The van der Waals surface area contributed by atoms with Crippen LogP contribution >= 0.6 is 0 Å². The number of amides is 1. The maximum absolute atomic E-state index is 12.8. The largest absolute Gasteiger partial charge is 0.497 e. The molecule has 0 aliphatic carbocycles. The molecule has 6 heteroatoms. The molecule has 2 rings (SSSR count). The van der Waals surface area contributed by atoms with Crippen LogP contribution in [0.15, 0.2) is 46.4 Å². The van der Waals surface area contributed by atoms with E-state index in [1.165, 1.54) is 11.0 Å². The summed E-state index contributed by atoms with van der Waals surface area (Å²) < 4.78 is 10.5. The molecule has 0 N–H and O–H groups in total. The maximum atomic E-state index is 12.8. The fourth-order valence-corrected chi connectivity index (χ4v) is 2.23. The minimum atomic E-state index is -0.489. The van der Waals surface area contributed by atoms with Crippen LogP contribution in [-0.4, -0.2) is 19.6 Å². The summed E-state index contributed by atoms with van der Waals surface area (Å²) in [6.45, 7) is 1.96. The smallest absolute Gasteiger partial charge is 0.269 e. The summed E-state index contributed by atoms with van der Waals surface area (Å²) in [5.74, 6) is 1.28. The highest BCUT2D eigenvalue weighted by Gasteiger charge is 2.20. The topological polar surface area (TPSA) is 90.3 Å². The van der Waals surface area contributed by atoms with E-state index in [0.29, 0.717) is 23.0 Å². The Labute approximate surface area is 146 Å². The first-order valence-electron chi connectivity index (χ1n) is 7.60. The average Bonchev–Trinajstić information content (AvgIpc) is 3.05. The molecule has 0 saturated carbocycles. The highest BCUT2D eigenvalue weighted by atomic mass is 16.5. The van der Waals surface area contributed by atoms with Gasteiger partial charge in [-0.25, -0.2) is 0 Å². The summed E-state index contributed by atoms with van der Waals surface area (Å²) in [7, 11) is 1.55. The molecule has 1 aromatic carbocycles. The lowest BCUT2D eigenvalue weighted by molar-refractivity contribution is -0.114. The summed E-state index contributed by atoms with van der Waals surface area (Å²) >= 11 is 0. The molecule has 1 aromatic heterocycles. The Balaban J connectivity index is 2.34. The van der Waals surface area contributed by atoms with E-state index < -0.39 is 5.91 Å². The lowest BCUT2D eigenvalue weighted by Gasteiger charge is -2.21. The molecule has 0 aliphatic rings. The number of carbonyl (C=O) groups excluding carboxylic acids is 1. The van der Waals surface area contributed by atoms with E-state index in [1.54, 1.807) is 50.4 Å². The molecule has 6 nitrogen and oxygen atoms in total. The Bertz CT molecular complexity index is 851. The molecule has 0 atom stereocenters. The van der Waals surface area contributed by atoms with Gasteiger partial charge in [0.25, 0.3) is 5.91 Å². The first kappa shape index (κ1) is 17.8. The SMILES string of the molecule is COc1ccc(N(CCC#N)C(=O)C(C#N)=Cc2ccc(C)o2)cc1. The quantitative estimate of drug-likeness (QED) is 0.595. The molecule has 0 unspecified atom stereocenters. The molecule has 2 aromatic rings. The predicted molar refractivity (Wildman–Crippen MR) is 92.6 cm³/mol. The molecule has 0 spiro atoms. The van der Waals surface area contributed by atoms with Gasteiger partial charge in [-0.15, -0.1) is 0 Å². The van der Waals surface area contributed by atoms with Crippen molar-refractivity contribution in [2.75, 3.05) is 18.6 Å². The van der Waals surface area contributed by atoms with E-state index in [4.69, 9.17) is 14.4 Å². The van der Waals surface area contributed by atoms with E-state index in [2.05, 4.69) is 0 Å². The molecule has 0 aliphatic heterocycles. The maximum Gasteiger partial charge on any atom is 0.269 e. The zero-order chi connectivity index (χ0) is 18.2. The number of methoxy groups -OCH3 is 1. The standard InChI is InChI=1S/C19H17N3O3/c1-14-4-7-18(25-14)12-15(13-21)19(23)22(11-3-10-20)16-5-8-17(24-2)9-6-16/h4-9,12H,3,11H2,1-2H3. The van der Waals surface area contributed by atoms with E-state index in [1.807, 2.05) is 12.1 Å². The van der Waals surface area contributed by atoms with Crippen molar-refractivity contribution in [3.63, 3.8) is 0 Å². The van der Waals surface area contributed by atoms with Crippen LogP contribution in [-0.2, 0) is 4.79 Å². The molecule has 1 heterocycles. The molecular weight excluding hydrogens is 318 g/mol. The summed E-state index contributed by atoms with van der Waals surface area (Å²) in [4.78, 5) is 14.2. The van der Waals surface area contributed by atoms with Crippen molar-refractivity contribution in [1.82, 2.24) is 0 Å². The third-order valence-electron chi connectivity index (χ3n) is 3.48. The molecule has 126 valence electrons. The Morgan fingerprint density at radius 1 is 1.24 bits per heavy atom. The number of hydrogen-bond acceptors (Lipinski definition) is 5. The van der Waals surface area contributed by atoms with Gasteiger partial charge in [0.15, 0.2) is 0 Å². The van der Waals surface area contributed by atoms with Gasteiger partial charge in [0.1, 0.15) is 28.9 Å². The number of carbonyl (C=O) groups is 1. The number of anilines is 1.